The summed E-state index contributed by atoms with van der Waals surface area (Å²) in [5.74, 6) is 0. The Morgan fingerprint density at radius 2 is 1.05 bits per heavy atom. The lowest BCUT2D eigenvalue weighted by molar-refractivity contribution is 0.658. The minimum absolute atomic E-state index is 0.673. The molecule has 2 heterocycles. The number of rotatable bonds is 2. The monoisotopic (exact) mass is 485 g/mol. The maximum atomic E-state index is 9.57. The fourth-order valence-electron chi connectivity index (χ4n) is 5.70. The van der Waals surface area contributed by atoms with E-state index in [0.29, 0.717) is 5.56 Å². The molecule has 0 saturated carbocycles. The highest BCUT2D eigenvalue weighted by Crippen LogP contribution is 2.44. The van der Waals surface area contributed by atoms with Crippen LogP contribution in [0.4, 0.5) is 0 Å². The van der Waals surface area contributed by atoms with Gasteiger partial charge >= 0.3 is 0 Å². The molecule has 0 spiro atoms. The van der Waals surface area contributed by atoms with Crippen LogP contribution >= 0.6 is 0 Å². The van der Waals surface area contributed by atoms with Crippen molar-refractivity contribution in [3.63, 3.8) is 0 Å². The number of furan rings is 2. The van der Waals surface area contributed by atoms with E-state index in [1.807, 2.05) is 60.7 Å². The largest absolute Gasteiger partial charge is 0.455 e. The molecule has 0 fully saturated rings. The van der Waals surface area contributed by atoms with Crippen molar-refractivity contribution in [3.8, 4) is 28.3 Å². The molecule has 0 aliphatic rings. The molecule has 3 heteroatoms. The first kappa shape index (κ1) is 20.8. The van der Waals surface area contributed by atoms with Crippen molar-refractivity contribution in [3.05, 3.63) is 121 Å². The zero-order chi connectivity index (χ0) is 25.2. The van der Waals surface area contributed by atoms with Crippen LogP contribution in [0.3, 0.4) is 0 Å². The molecule has 0 aliphatic heterocycles. The van der Waals surface area contributed by atoms with E-state index in [9.17, 15) is 5.26 Å². The SMILES string of the molecule is N#Cc1ccccc1-c1ccc2cc(-c3c4oc5ccccc5c4cc4c3oc3ccccc34)ccc2c1. The Morgan fingerprint density at radius 1 is 0.500 bits per heavy atom. The summed E-state index contributed by atoms with van der Waals surface area (Å²) in [6.07, 6.45) is 0. The summed E-state index contributed by atoms with van der Waals surface area (Å²) in [5.41, 5.74) is 8.03. The second-order valence-electron chi connectivity index (χ2n) is 9.64. The Bertz CT molecular complexity index is 2170. The zero-order valence-corrected chi connectivity index (χ0v) is 20.2. The Labute approximate surface area is 217 Å². The van der Waals surface area contributed by atoms with Crippen molar-refractivity contribution in [1.29, 1.82) is 5.26 Å². The molecule has 8 rings (SSSR count). The fourth-order valence-corrected chi connectivity index (χ4v) is 5.70. The third-order valence-corrected chi connectivity index (χ3v) is 7.50. The maximum Gasteiger partial charge on any atom is 0.147 e. The van der Waals surface area contributed by atoms with E-state index in [-0.39, 0.29) is 0 Å². The van der Waals surface area contributed by atoms with Gasteiger partial charge in [-0.1, -0.05) is 78.9 Å². The Morgan fingerprint density at radius 3 is 1.71 bits per heavy atom. The molecular formula is C35H19NO2. The van der Waals surface area contributed by atoms with E-state index in [1.165, 1.54) is 0 Å². The van der Waals surface area contributed by atoms with Gasteiger partial charge in [-0.2, -0.15) is 5.26 Å². The number of benzene rings is 6. The normalized spacial score (nSPS) is 11.7. The third-order valence-electron chi connectivity index (χ3n) is 7.50. The van der Waals surface area contributed by atoms with Crippen molar-refractivity contribution >= 4 is 54.6 Å². The van der Waals surface area contributed by atoms with Crippen molar-refractivity contribution in [2.24, 2.45) is 0 Å². The minimum Gasteiger partial charge on any atom is -0.455 e. The zero-order valence-electron chi connectivity index (χ0n) is 20.2. The lowest BCUT2D eigenvalue weighted by Crippen LogP contribution is -1.86. The Balaban J connectivity index is 1.41. The van der Waals surface area contributed by atoms with Gasteiger partial charge in [0.05, 0.1) is 17.2 Å². The standard InChI is InChI=1S/C35H19NO2/c36-20-25-7-1-2-8-26(25)23-15-13-22-18-24(16-14-21(22)17-23)33-34-29(27-9-3-5-11-31(27)37-34)19-30-28-10-4-6-12-32(28)38-35(30)33/h1-19H. The molecule has 0 atom stereocenters. The quantitative estimate of drug-likeness (QED) is 0.245. The van der Waals surface area contributed by atoms with Gasteiger partial charge in [-0.05, 0) is 63.9 Å². The van der Waals surface area contributed by atoms with E-state index in [2.05, 4.69) is 60.7 Å². The summed E-state index contributed by atoms with van der Waals surface area (Å²) in [4.78, 5) is 0. The topological polar surface area (TPSA) is 50.1 Å². The molecule has 3 nitrogen and oxygen atoms in total. The van der Waals surface area contributed by atoms with Gasteiger partial charge < -0.3 is 8.83 Å². The number of nitrogens with zero attached hydrogens (tertiary/aromatic N) is 1. The predicted molar refractivity (Wildman–Crippen MR) is 154 cm³/mol. The van der Waals surface area contributed by atoms with Gasteiger partial charge in [0, 0.05) is 21.5 Å². The molecule has 0 bridgehead atoms. The second kappa shape index (κ2) is 7.83. The van der Waals surface area contributed by atoms with Crippen LogP contribution in [0.1, 0.15) is 5.56 Å². The van der Waals surface area contributed by atoms with Crippen LogP contribution in [0, 0.1) is 11.3 Å². The molecule has 0 radical (unpaired) electrons. The fraction of sp³-hybridized carbons (Fsp3) is 0. The van der Waals surface area contributed by atoms with E-state index >= 15 is 0 Å². The smallest absolute Gasteiger partial charge is 0.147 e. The summed E-state index contributed by atoms with van der Waals surface area (Å²) >= 11 is 0. The molecule has 6 aromatic carbocycles. The molecule has 0 aliphatic carbocycles. The molecule has 0 amide bonds. The highest BCUT2D eigenvalue weighted by atomic mass is 16.3. The maximum absolute atomic E-state index is 9.57. The Hall–Kier alpha value is -5.33. The molecule has 8 aromatic rings. The van der Waals surface area contributed by atoms with E-state index in [1.54, 1.807) is 0 Å². The van der Waals surface area contributed by atoms with E-state index < -0.39 is 0 Å². The van der Waals surface area contributed by atoms with Crippen LogP contribution in [0.2, 0.25) is 0 Å². The summed E-state index contributed by atoms with van der Waals surface area (Å²) in [7, 11) is 0. The number of hydrogen-bond acceptors (Lipinski definition) is 3. The third kappa shape index (κ3) is 2.95. The predicted octanol–water partition coefficient (Wildman–Crippen LogP) is 9.84. The van der Waals surface area contributed by atoms with Crippen molar-refractivity contribution in [2.45, 2.75) is 0 Å². The summed E-state index contributed by atoms with van der Waals surface area (Å²) in [6.45, 7) is 0. The minimum atomic E-state index is 0.673. The number of hydrogen-bond donors (Lipinski definition) is 0. The van der Waals surface area contributed by atoms with Crippen molar-refractivity contribution in [1.82, 2.24) is 0 Å². The van der Waals surface area contributed by atoms with Crippen molar-refractivity contribution in [2.75, 3.05) is 0 Å². The summed E-state index contributed by atoms with van der Waals surface area (Å²) < 4.78 is 12.9. The molecule has 0 saturated heterocycles. The van der Waals surface area contributed by atoms with Crippen LogP contribution in [-0.2, 0) is 0 Å². The van der Waals surface area contributed by atoms with Gasteiger partial charge in [0.15, 0.2) is 0 Å². The van der Waals surface area contributed by atoms with Gasteiger partial charge in [0.25, 0.3) is 0 Å². The molecule has 0 unspecified atom stereocenters. The average Bonchev–Trinajstić information content (AvgIpc) is 3.53. The number of para-hydroxylation sites is 2. The van der Waals surface area contributed by atoms with Crippen molar-refractivity contribution < 1.29 is 8.83 Å². The van der Waals surface area contributed by atoms with Crippen LogP contribution in [0.25, 0.3) is 76.9 Å². The summed E-state index contributed by atoms with van der Waals surface area (Å²) in [6, 6.07) is 41.4. The van der Waals surface area contributed by atoms with Gasteiger partial charge in [-0.25, -0.2) is 0 Å². The highest BCUT2D eigenvalue weighted by molar-refractivity contribution is 6.22. The van der Waals surface area contributed by atoms with E-state index in [4.69, 9.17) is 8.83 Å². The van der Waals surface area contributed by atoms with Crippen LogP contribution < -0.4 is 0 Å². The average molecular weight is 486 g/mol. The first-order valence-corrected chi connectivity index (χ1v) is 12.6. The molecule has 0 N–H and O–H groups in total. The molecule has 176 valence electrons. The van der Waals surface area contributed by atoms with Gasteiger partial charge in [-0.15, -0.1) is 0 Å². The Kier molecular flexibility index (Phi) is 4.29. The lowest BCUT2D eigenvalue weighted by atomic mass is 9.94. The van der Waals surface area contributed by atoms with Gasteiger partial charge in [0.1, 0.15) is 22.3 Å². The van der Waals surface area contributed by atoms with Crippen LogP contribution in [0.15, 0.2) is 124 Å². The second-order valence-corrected chi connectivity index (χ2v) is 9.64. The molecule has 2 aromatic heterocycles. The highest BCUT2D eigenvalue weighted by Gasteiger charge is 2.21. The first-order chi connectivity index (χ1) is 18.8. The van der Waals surface area contributed by atoms with Crippen LogP contribution in [0.5, 0.6) is 0 Å². The number of fused-ring (bicyclic) bond motifs is 7. The first-order valence-electron chi connectivity index (χ1n) is 12.6. The lowest BCUT2D eigenvalue weighted by Gasteiger charge is -2.09. The van der Waals surface area contributed by atoms with Gasteiger partial charge in [0.2, 0.25) is 0 Å². The van der Waals surface area contributed by atoms with Crippen LogP contribution in [-0.4, -0.2) is 0 Å². The molecular weight excluding hydrogens is 466 g/mol. The summed E-state index contributed by atoms with van der Waals surface area (Å²) in [5, 5.41) is 16.1. The van der Waals surface area contributed by atoms with Gasteiger partial charge in [-0.3, -0.25) is 0 Å². The molecule has 38 heavy (non-hydrogen) atoms. The number of nitriles is 1. The van der Waals surface area contributed by atoms with E-state index in [0.717, 1.165) is 76.9 Å².